The van der Waals surface area contributed by atoms with E-state index in [1.807, 2.05) is 6.55 Å². The Kier molecular flexibility index (Phi) is 2.60. The van der Waals surface area contributed by atoms with E-state index in [1.54, 1.807) is 6.92 Å². The fourth-order valence-corrected chi connectivity index (χ4v) is 0.905. The third-order valence-electron chi connectivity index (χ3n) is 0.797. The van der Waals surface area contributed by atoms with E-state index in [2.05, 4.69) is 6.58 Å². The van der Waals surface area contributed by atoms with Gasteiger partial charge in [-0.05, 0) is 12.5 Å². The summed E-state index contributed by atoms with van der Waals surface area (Å²) in [6.07, 6.45) is 0. The minimum absolute atomic E-state index is 0.292. The molecule has 0 rings (SSSR count). The summed E-state index contributed by atoms with van der Waals surface area (Å²) in [7, 11) is -0.448. The van der Waals surface area contributed by atoms with Crippen molar-refractivity contribution < 1.29 is 4.79 Å². The van der Waals surface area contributed by atoms with Gasteiger partial charge in [-0.3, -0.25) is 0 Å². The molecule has 0 bridgehead atoms. The normalized spacial score (nSPS) is 10.0. The number of carbonyl (C=O) groups is 1. The molecule has 0 amide bonds. The molecule has 0 atom stereocenters. The molecular weight excluding hydrogens is 104 g/mol. The Balaban J connectivity index is 3.58. The first-order chi connectivity index (χ1) is 3.18. The molecule has 7 heavy (non-hydrogen) atoms. The molecule has 40 valence electrons. The van der Waals surface area contributed by atoms with Gasteiger partial charge in [-0.25, -0.2) is 0 Å². The molecule has 0 radical (unpaired) electrons. The van der Waals surface area contributed by atoms with Gasteiger partial charge in [0.25, 0.3) is 0 Å². The smallest absolute Gasteiger partial charge is 0.128 e. The fraction of sp³-hybridized carbons (Fsp3) is 0.400. The highest BCUT2D eigenvalue weighted by Crippen LogP contribution is 1.84. The average Bonchev–Trinajstić information content (AvgIpc) is 1.65. The van der Waals surface area contributed by atoms with Gasteiger partial charge in [-0.15, -0.1) is 0 Å². The second-order valence-electron chi connectivity index (χ2n) is 1.56. The number of rotatable bonds is 2. The average molecular weight is 114 g/mol. The third-order valence-corrected chi connectivity index (χ3v) is 2.04. The van der Waals surface area contributed by atoms with Crippen LogP contribution in [0.4, 0.5) is 0 Å². The van der Waals surface area contributed by atoms with Crippen molar-refractivity contribution in [2.45, 2.75) is 13.5 Å². The van der Waals surface area contributed by atoms with Crippen LogP contribution in [0.3, 0.4) is 0 Å². The molecule has 0 saturated heterocycles. The second kappa shape index (κ2) is 2.74. The van der Waals surface area contributed by atoms with Gasteiger partial charge in [0.2, 0.25) is 0 Å². The lowest BCUT2D eigenvalue weighted by Crippen LogP contribution is -2.03. The molecule has 0 fully saturated rings. The molecule has 0 aromatic heterocycles. The van der Waals surface area contributed by atoms with Crippen LogP contribution in [0.15, 0.2) is 12.2 Å². The van der Waals surface area contributed by atoms with Gasteiger partial charge in [0.05, 0.1) is 0 Å². The van der Waals surface area contributed by atoms with E-state index in [0.29, 0.717) is 11.0 Å². The summed E-state index contributed by atoms with van der Waals surface area (Å²) >= 11 is 0. The van der Waals surface area contributed by atoms with Crippen molar-refractivity contribution in [3.05, 3.63) is 12.2 Å². The number of carbonyl (C=O) groups excluding carboxylic acids is 1. The van der Waals surface area contributed by atoms with E-state index >= 15 is 0 Å². The summed E-state index contributed by atoms with van der Waals surface area (Å²) in [5.41, 5.74) is 0.717. The number of hydrogen-bond acceptors (Lipinski definition) is 1. The van der Waals surface area contributed by atoms with Crippen molar-refractivity contribution in [1.82, 2.24) is 0 Å². The molecular formula is C5H10OSi. The molecule has 0 aromatic rings. The molecule has 2 heteroatoms. The summed E-state index contributed by atoms with van der Waals surface area (Å²) in [4.78, 5) is 10.5. The van der Waals surface area contributed by atoms with Crippen LogP contribution in [0.5, 0.6) is 0 Å². The lowest BCUT2D eigenvalue weighted by molar-refractivity contribution is -0.108. The lowest BCUT2D eigenvalue weighted by Gasteiger charge is -1.87. The zero-order valence-electron chi connectivity index (χ0n) is 4.82. The number of allylic oxidation sites excluding steroid dienone is 1. The maximum Gasteiger partial charge on any atom is 0.128 e. The van der Waals surface area contributed by atoms with Gasteiger partial charge in [0.1, 0.15) is 14.9 Å². The molecule has 0 heterocycles. The van der Waals surface area contributed by atoms with Crippen LogP contribution in [0.1, 0.15) is 6.92 Å². The van der Waals surface area contributed by atoms with E-state index in [-0.39, 0.29) is 0 Å². The summed E-state index contributed by atoms with van der Waals surface area (Å²) in [6.45, 7) is 7.24. The molecule has 0 unspecified atom stereocenters. The largest absolute Gasteiger partial charge is 0.301 e. The van der Waals surface area contributed by atoms with Crippen molar-refractivity contribution >= 4 is 14.9 Å². The first-order valence-electron chi connectivity index (χ1n) is 2.37. The van der Waals surface area contributed by atoms with E-state index in [0.717, 1.165) is 0 Å². The molecule has 0 aromatic carbocycles. The van der Waals surface area contributed by atoms with Crippen molar-refractivity contribution in [1.29, 1.82) is 0 Å². The van der Waals surface area contributed by atoms with E-state index in [9.17, 15) is 4.79 Å². The van der Waals surface area contributed by atoms with Crippen LogP contribution in [0.25, 0.3) is 0 Å². The standard InChI is InChI=1S/C5H10OSi/c1-4(2)5(6)7-3/h1,7H2,2-3H3. The van der Waals surface area contributed by atoms with Crippen LogP contribution in [0.2, 0.25) is 6.55 Å². The zero-order chi connectivity index (χ0) is 5.86. The highest BCUT2D eigenvalue weighted by Gasteiger charge is 1.94. The summed E-state index contributed by atoms with van der Waals surface area (Å²) in [6, 6.07) is 0. The van der Waals surface area contributed by atoms with E-state index < -0.39 is 9.52 Å². The monoisotopic (exact) mass is 114 g/mol. The maximum absolute atomic E-state index is 10.5. The van der Waals surface area contributed by atoms with Crippen molar-refractivity contribution in [2.24, 2.45) is 0 Å². The predicted molar refractivity (Wildman–Crippen MR) is 34.2 cm³/mol. The second-order valence-corrected chi connectivity index (χ2v) is 2.91. The Bertz CT molecular complexity index is 96.3. The third kappa shape index (κ3) is 2.34. The van der Waals surface area contributed by atoms with Crippen molar-refractivity contribution in [3.8, 4) is 0 Å². The molecule has 1 nitrogen and oxygen atoms in total. The number of hydrogen-bond donors (Lipinski definition) is 0. The van der Waals surface area contributed by atoms with Gasteiger partial charge in [0, 0.05) is 0 Å². The molecule has 0 spiro atoms. The van der Waals surface area contributed by atoms with E-state index in [4.69, 9.17) is 0 Å². The quantitative estimate of drug-likeness (QED) is 0.373. The Morgan fingerprint density at radius 2 is 2.14 bits per heavy atom. The summed E-state index contributed by atoms with van der Waals surface area (Å²) in [5.74, 6) is 0. The summed E-state index contributed by atoms with van der Waals surface area (Å²) in [5, 5.41) is 0.292. The van der Waals surface area contributed by atoms with Crippen LogP contribution < -0.4 is 0 Å². The SMILES string of the molecule is C=C(C)C(=O)[SiH2]C. The zero-order valence-corrected chi connectivity index (χ0v) is 6.24. The van der Waals surface area contributed by atoms with Crippen LogP contribution in [0, 0.1) is 0 Å². The molecule has 0 aliphatic heterocycles. The van der Waals surface area contributed by atoms with Crippen molar-refractivity contribution in [2.75, 3.05) is 0 Å². The first kappa shape index (κ1) is 6.63. The summed E-state index contributed by atoms with van der Waals surface area (Å²) < 4.78 is 0. The van der Waals surface area contributed by atoms with E-state index in [1.165, 1.54) is 0 Å². The van der Waals surface area contributed by atoms with Gasteiger partial charge in [0.15, 0.2) is 0 Å². The molecule has 0 saturated carbocycles. The highest BCUT2D eigenvalue weighted by molar-refractivity contribution is 6.76. The Labute approximate surface area is 46.2 Å². The van der Waals surface area contributed by atoms with Gasteiger partial charge >= 0.3 is 0 Å². The van der Waals surface area contributed by atoms with Gasteiger partial charge < -0.3 is 4.79 Å². The molecule has 0 aliphatic rings. The minimum Gasteiger partial charge on any atom is -0.301 e. The molecule has 0 N–H and O–H groups in total. The van der Waals surface area contributed by atoms with Crippen LogP contribution >= 0.6 is 0 Å². The molecule has 0 aliphatic carbocycles. The lowest BCUT2D eigenvalue weighted by atomic mass is 10.4. The van der Waals surface area contributed by atoms with Crippen LogP contribution in [-0.2, 0) is 4.79 Å². The van der Waals surface area contributed by atoms with Gasteiger partial charge in [-0.2, -0.15) is 0 Å². The topological polar surface area (TPSA) is 17.1 Å². The Hall–Kier alpha value is -0.373. The Morgan fingerprint density at radius 1 is 1.71 bits per heavy atom. The highest BCUT2D eigenvalue weighted by atomic mass is 28.2. The predicted octanol–water partition coefficient (Wildman–Crippen LogP) is 0.306. The van der Waals surface area contributed by atoms with Crippen molar-refractivity contribution in [3.63, 3.8) is 0 Å². The fourth-order valence-electron chi connectivity index (χ4n) is 0.302. The Morgan fingerprint density at radius 3 is 2.14 bits per heavy atom. The minimum atomic E-state index is -0.448. The van der Waals surface area contributed by atoms with Crippen LogP contribution in [-0.4, -0.2) is 14.9 Å². The first-order valence-corrected chi connectivity index (χ1v) is 4.49. The van der Waals surface area contributed by atoms with Gasteiger partial charge in [-0.1, -0.05) is 13.1 Å². The maximum atomic E-state index is 10.5.